The van der Waals surface area contributed by atoms with Crippen molar-refractivity contribution >= 4 is 17.8 Å². The molecule has 4 amide bonds. The van der Waals surface area contributed by atoms with E-state index in [0.29, 0.717) is 29.4 Å². The molecular weight excluding hydrogens is 452 g/mol. The van der Waals surface area contributed by atoms with Crippen LogP contribution in [0.2, 0.25) is 0 Å². The summed E-state index contributed by atoms with van der Waals surface area (Å²) in [5, 5.41) is 3.44. The van der Waals surface area contributed by atoms with Crippen LogP contribution in [-0.4, -0.2) is 61.7 Å². The van der Waals surface area contributed by atoms with Crippen molar-refractivity contribution in [1.82, 2.24) is 20.7 Å². The third-order valence-corrected chi connectivity index (χ3v) is 6.37. The largest absolute Gasteiger partial charge is 0.497 e. The molecular formula is C25H30N4O6. The number of hydrogen-bond acceptors (Lipinski definition) is 7. The number of nitrogens with one attached hydrogen (secondary N) is 2. The van der Waals surface area contributed by atoms with Crippen LogP contribution in [0.1, 0.15) is 30.9 Å². The first-order chi connectivity index (χ1) is 16.8. The van der Waals surface area contributed by atoms with Crippen molar-refractivity contribution in [3.05, 3.63) is 53.6 Å². The molecule has 10 nitrogen and oxygen atoms in total. The van der Waals surface area contributed by atoms with E-state index < -0.39 is 23.4 Å². The zero-order valence-electron chi connectivity index (χ0n) is 20.3. The van der Waals surface area contributed by atoms with Crippen LogP contribution in [0.5, 0.6) is 17.2 Å². The molecule has 1 unspecified atom stereocenters. The molecule has 2 fully saturated rings. The van der Waals surface area contributed by atoms with Crippen LogP contribution in [-0.2, 0) is 21.7 Å². The molecule has 0 radical (unpaired) electrons. The summed E-state index contributed by atoms with van der Waals surface area (Å²) in [7, 11) is 4.73. The van der Waals surface area contributed by atoms with Crippen molar-refractivity contribution in [3.8, 4) is 17.2 Å². The SMILES string of the molecule is COc1ccc(C2(C)NC(=O)N(NC(=O)CN(Cc3cc(OC)ccc3OC)C3CC3)C2=O)cc1. The van der Waals surface area contributed by atoms with E-state index in [0.717, 1.165) is 23.4 Å². The molecule has 4 rings (SSSR count). The second kappa shape index (κ2) is 9.83. The van der Waals surface area contributed by atoms with E-state index >= 15 is 0 Å². The molecule has 2 aromatic rings. The van der Waals surface area contributed by atoms with Crippen LogP contribution in [0.15, 0.2) is 42.5 Å². The van der Waals surface area contributed by atoms with Gasteiger partial charge in [-0.15, -0.1) is 0 Å². The van der Waals surface area contributed by atoms with Crippen LogP contribution in [0.4, 0.5) is 4.79 Å². The first-order valence-electron chi connectivity index (χ1n) is 11.3. The maximum atomic E-state index is 13.2. The Morgan fingerprint density at radius 3 is 2.31 bits per heavy atom. The van der Waals surface area contributed by atoms with Gasteiger partial charge < -0.3 is 19.5 Å². The molecule has 1 saturated carbocycles. The predicted molar refractivity (Wildman–Crippen MR) is 127 cm³/mol. The normalized spacial score (nSPS) is 19.5. The molecule has 0 spiro atoms. The van der Waals surface area contributed by atoms with Gasteiger partial charge in [-0.2, -0.15) is 5.01 Å². The minimum atomic E-state index is -1.30. The topological polar surface area (TPSA) is 109 Å². The highest BCUT2D eigenvalue weighted by Gasteiger charge is 2.50. The standard InChI is InChI=1S/C25H30N4O6/c1-25(17-5-9-19(33-2)10-6-17)23(31)29(24(32)26-25)27-22(30)15-28(18-7-8-18)14-16-13-20(34-3)11-12-21(16)35-4/h5-6,9-13,18H,7-8,14-15H2,1-4H3,(H,26,32)(H,27,30). The van der Waals surface area contributed by atoms with Crippen molar-refractivity contribution in [2.45, 2.75) is 37.9 Å². The summed E-state index contributed by atoms with van der Waals surface area (Å²) in [5.41, 5.74) is 2.65. The number of nitrogens with zero attached hydrogens (tertiary/aromatic N) is 2. The fourth-order valence-electron chi connectivity index (χ4n) is 4.18. The van der Waals surface area contributed by atoms with E-state index in [1.165, 1.54) is 0 Å². The highest BCUT2D eigenvalue weighted by molar-refractivity contribution is 6.08. The number of urea groups is 1. The number of hydrazine groups is 1. The number of imide groups is 1. The second-order valence-electron chi connectivity index (χ2n) is 8.77. The number of ether oxygens (including phenoxy) is 3. The minimum absolute atomic E-state index is 0.0152. The quantitative estimate of drug-likeness (QED) is 0.500. The number of amides is 4. The van der Waals surface area contributed by atoms with E-state index in [2.05, 4.69) is 10.7 Å². The van der Waals surface area contributed by atoms with Gasteiger partial charge in [-0.1, -0.05) is 12.1 Å². The molecule has 1 atom stereocenters. The Hall–Kier alpha value is -3.79. The smallest absolute Gasteiger partial charge is 0.344 e. The van der Waals surface area contributed by atoms with Crippen molar-refractivity contribution in [2.75, 3.05) is 27.9 Å². The summed E-state index contributed by atoms with van der Waals surface area (Å²) in [6, 6.07) is 11.9. The van der Waals surface area contributed by atoms with E-state index in [4.69, 9.17) is 14.2 Å². The minimum Gasteiger partial charge on any atom is -0.497 e. The van der Waals surface area contributed by atoms with Gasteiger partial charge in [-0.05, 0) is 55.7 Å². The van der Waals surface area contributed by atoms with E-state index in [9.17, 15) is 14.4 Å². The highest BCUT2D eigenvalue weighted by atomic mass is 16.5. The zero-order valence-corrected chi connectivity index (χ0v) is 20.3. The molecule has 186 valence electrons. The van der Waals surface area contributed by atoms with Crippen LogP contribution in [0.25, 0.3) is 0 Å². The molecule has 0 aromatic heterocycles. The van der Waals surface area contributed by atoms with Gasteiger partial charge in [0.2, 0.25) is 0 Å². The number of rotatable bonds is 10. The Kier molecular flexibility index (Phi) is 6.83. The van der Waals surface area contributed by atoms with Crippen molar-refractivity contribution in [3.63, 3.8) is 0 Å². The molecule has 2 aromatic carbocycles. The van der Waals surface area contributed by atoms with E-state index in [-0.39, 0.29) is 12.6 Å². The summed E-state index contributed by atoms with van der Waals surface area (Å²) < 4.78 is 16.0. The summed E-state index contributed by atoms with van der Waals surface area (Å²) >= 11 is 0. The lowest BCUT2D eigenvalue weighted by Crippen LogP contribution is -2.51. The molecule has 1 heterocycles. The van der Waals surface area contributed by atoms with Crippen LogP contribution < -0.4 is 25.0 Å². The average molecular weight is 483 g/mol. The van der Waals surface area contributed by atoms with Gasteiger partial charge in [0.05, 0.1) is 27.9 Å². The monoisotopic (exact) mass is 482 g/mol. The average Bonchev–Trinajstić information content (AvgIpc) is 3.69. The summed E-state index contributed by atoms with van der Waals surface area (Å²) in [6.07, 6.45) is 1.94. The molecule has 2 aliphatic rings. The molecule has 35 heavy (non-hydrogen) atoms. The number of carbonyl (C=O) groups is 3. The van der Waals surface area contributed by atoms with Crippen LogP contribution >= 0.6 is 0 Å². The van der Waals surface area contributed by atoms with Gasteiger partial charge in [0.25, 0.3) is 11.8 Å². The van der Waals surface area contributed by atoms with Gasteiger partial charge in [-0.25, -0.2) is 4.79 Å². The third-order valence-electron chi connectivity index (χ3n) is 6.37. The Morgan fingerprint density at radius 1 is 1.06 bits per heavy atom. The van der Waals surface area contributed by atoms with Gasteiger partial charge in [-0.3, -0.25) is 19.9 Å². The maximum absolute atomic E-state index is 13.2. The molecule has 1 saturated heterocycles. The van der Waals surface area contributed by atoms with E-state index in [1.54, 1.807) is 52.5 Å². The Bertz CT molecular complexity index is 1120. The first kappa shape index (κ1) is 24.3. The Labute approximate surface area is 204 Å². The lowest BCUT2D eigenvalue weighted by Gasteiger charge is -2.25. The fraction of sp³-hybridized carbons (Fsp3) is 0.400. The lowest BCUT2D eigenvalue weighted by atomic mass is 9.92. The molecule has 0 bridgehead atoms. The number of carbonyl (C=O) groups excluding carboxylic acids is 3. The maximum Gasteiger partial charge on any atom is 0.344 e. The lowest BCUT2D eigenvalue weighted by molar-refractivity contribution is -0.139. The van der Waals surface area contributed by atoms with Gasteiger partial charge in [0.15, 0.2) is 0 Å². The van der Waals surface area contributed by atoms with Crippen molar-refractivity contribution < 1.29 is 28.6 Å². The van der Waals surface area contributed by atoms with Crippen molar-refractivity contribution in [2.24, 2.45) is 0 Å². The molecule has 1 aliphatic heterocycles. The van der Waals surface area contributed by atoms with Crippen LogP contribution in [0.3, 0.4) is 0 Å². The number of hydrogen-bond donors (Lipinski definition) is 2. The Morgan fingerprint density at radius 2 is 1.71 bits per heavy atom. The molecule has 2 N–H and O–H groups in total. The van der Waals surface area contributed by atoms with Gasteiger partial charge in [0, 0.05) is 18.2 Å². The van der Waals surface area contributed by atoms with E-state index in [1.807, 2.05) is 23.1 Å². The second-order valence-corrected chi connectivity index (χ2v) is 8.77. The molecule has 10 heteroatoms. The summed E-state index contributed by atoms with van der Waals surface area (Å²) in [6.45, 7) is 2.08. The Balaban J connectivity index is 1.45. The summed E-state index contributed by atoms with van der Waals surface area (Å²) in [4.78, 5) is 40.7. The fourth-order valence-corrected chi connectivity index (χ4v) is 4.18. The number of methoxy groups -OCH3 is 3. The third kappa shape index (κ3) is 5.02. The van der Waals surface area contributed by atoms with Gasteiger partial charge >= 0.3 is 6.03 Å². The molecule has 1 aliphatic carbocycles. The summed E-state index contributed by atoms with van der Waals surface area (Å²) in [5.74, 6) is 1.00. The number of benzene rings is 2. The predicted octanol–water partition coefficient (Wildman–Crippen LogP) is 2.18. The van der Waals surface area contributed by atoms with Crippen molar-refractivity contribution in [1.29, 1.82) is 0 Å². The highest BCUT2D eigenvalue weighted by Crippen LogP contribution is 2.32. The van der Waals surface area contributed by atoms with Crippen LogP contribution in [0, 0.1) is 0 Å². The zero-order chi connectivity index (χ0) is 25.2. The van der Waals surface area contributed by atoms with Gasteiger partial charge in [0.1, 0.15) is 22.8 Å². The first-order valence-corrected chi connectivity index (χ1v) is 11.3.